The maximum Gasteiger partial charge on any atom is 0.335 e. The average Bonchev–Trinajstić information content (AvgIpc) is 2.97. The summed E-state index contributed by atoms with van der Waals surface area (Å²) in [4.78, 5) is 15.1. The van der Waals surface area contributed by atoms with Crippen molar-refractivity contribution in [1.82, 2.24) is 10.1 Å². The highest BCUT2D eigenvalue weighted by Gasteiger charge is 2.12. The first-order valence-corrected chi connectivity index (χ1v) is 6.07. The van der Waals surface area contributed by atoms with Crippen molar-refractivity contribution >= 4 is 5.97 Å². The Hall–Kier alpha value is -3.02. The Kier molecular flexibility index (Phi) is 3.19. The predicted molar refractivity (Wildman–Crippen MR) is 72.1 cm³/mol. The van der Waals surface area contributed by atoms with Gasteiger partial charge in [-0.3, -0.25) is 0 Å². The summed E-state index contributed by atoms with van der Waals surface area (Å²) in [6.07, 6.45) is 0. The van der Waals surface area contributed by atoms with E-state index in [1.54, 1.807) is 24.3 Å². The van der Waals surface area contributed by atoms with Gasteiger partial charge in [-0.2, -0.15) is 4.98 Å². The number of nitrogens with zero attached hydrogens (tertiary/aromatic N) is 2. The molecule has 0 bridgehead atoms. The number of carbonyl (C=O) groups is 1. The zero-order chi connectivity index (χ0) is 14.8. The van der Waals surface area contributed by atoms with Crippen LogP contribution in [-0.2, 0) is 0 Å². The van der Waals surface area contributed by atoms with Crippen molar-refractivity contribution in [3.05, 3.63) is 59.9 Å². The summed E-state index contributed by atoms with van der Waals surface area (Å²) in [7, 11) is 0. The van der Waals surface area contributed by atoms with Crippen LogP contribution >= 0.6 is 0 Å². The van der Waals surface area contributed by atoms with E-state index in [0.717, 1.165) is 0 Å². The lowest BCUT2D eigenvalue weighted by molar-refractivity contribution is 0.0697. The monoisotopic (exact) mass is 284 g/mol. The highest BCUT2D eigenvalue weighted by atomic mass is 19.1. The zero-order valence-corrected chi connectivity index (χ0v) is 10.7. The SMILES string of the molecule is O=C(O)c1cccc(-c2noc(-c3cccc(F)c3)n2)c1. The second-order valence-corrected chi connectivity index (χ2v) is 4.32. The van der Waals surface area contributed by atoms with Crippen molar-refractivity contribution < 1.29 is 18.8 Å². The van der Waals surface area contributed by atoms with Gasteiger partial charge in [0.1, 0.15) is 5.82 Å². The predicted octanol–water partition coefficient (Wildman–Crippen LogP) is 3.24. The molecule has 0 saturated heterocycles. The molecule has 0 saturated carbocycles. The summed E-state index contributed by atoms with van der Waals surface area (Å²) < 4.78 is 18.3. The molecule has 0 aliphatic rings. The fourth-order valence-corrected chi connectivity index (χ4v) is 1.87. The van der Waals surface area contributed by atoms with Crippen LogP contribution in [0, 0.1) is 5.82 Å². The van der Waals surface area contributed by atoms with Gasteiger partial charge in [-0.05, 0) is 30.3 Å². The summed E-state index contributed by atoms with van der Waals surface area (Å²) >= 11 is 0. The van der Waals surface area contributed by atoms with Crippen molar-refractivity contribution in [1.29, 1.82) is 0 Å². The molecule has 3 aromatic rings. The third-order valence-electron chi connectivity index (χ3n) is 2.87. The number of hydrogen-bond acceptors (Lipinski definition) is 4. The number of benzene rings is 2. The second kappa shape index (κ2) is 5.16. The molecule has 0 unspecified atom stereocenters. The molecule has 5 nitrogen and oxygen atoms in total. The average molecular weight is 284 g/mol. The van der Waals surface area contributed by atoms with Crippen LogP contribution in [-0.4, -0.2) is 21.2 Å². The van der Waals surface area contributed by atoms with Gasteiger partial charge in [0.05, 0.1) is 5.56 Å². The van der Waals surface area contributed by atoms with Gasteiger partial charge in [0, 0.05) is 11.1 Å². The van der Waals surface area contributed by atoms with Crippen molar-refractivity contribution in [2.24, 2.45) is 0 Å². The van der Waals surface area contributed by atoms with Crippen LogP contribution in [0.1, 0.15) is 10.4 Å². The number of halogens is 1. The Morgan fingerprint density at radius 1 is 1.10 bits per heavy atom. The maximum absolute atomic E-state index is 13.2. The molecule has 0 spiro atoms. The van der Waals surface area contributed by atoms with Crippen LogP contribution in [0.4, 0.5) is 4.39 Å². The highest BCUT2D eigenvalue weighted by Crippen LogP contribution is 2.23. The lowest BCUT2D eigenvalue weighted by Crippen LogP contribution is -1.96. The van der Waals surface area contributed by atoms with Crippen LogP contribution in [0.15, 0.2) is 53.1 Å². The van der Waals surface area contributed by atoms with Gasteiger partial charge in [0.15, 0.2) is 0 Å². The van der Waals surface area contributed by atoms with Gasteiger partial charge in [0.25, 0.3) is 5.89 Å². The van der Waals surface area contributed by atoms with Crippen molar-refractivity contribution in [3.63, 3.8) is 0 Å². The first kappa shape index (κ1) is 13.0. The van der Waals surface area contributed by atoms with E-state index in [4.69, 9.17) is 9.63 Å². The Morgan fingerprint density at radius 3 is 2.62 bits per heavy atom. The van der Waals surface area contributed by atoms with Crippen molar-refractivity contribution in [2.45, 2.75) is 0 Å². The first-order valence-electron chi connectivity index (χ1n) is 6.07. The van der Waals surface area contributed by atoms with Crippen LogP contribution < -0.4 is 0 Å². The fourth-order valence-electron chi connectivity index (χ4n) is 1.87. The molecule has 1 heterocycles. The van der Waals surface area contributed by atoms with E-state index in [-0.39, 0.29) is 17.3 Å². The summed E-state index contributed by atoms with van der Waals surface area (Å²) in [5.41, 5.74) is 1.11. The Labute approximate surface area is 118 Å². The quantitative estimate of drug-likeness (QED) is 0.799. The first-order chi connectivity index (χ1) is 10.1. The standard InChI is InChI=1S/C15H9FN2O3/c16-12-6-2-4-10(8-12)14-17-13(18-21-14)9-3-1-5-11(7-9)15(19)20/h1-8H,(H,19,20). The molecular formula is C15H9FN2O3. The molecule has 0 radical (unpaired) electrons. The minimum Gasteiger partial charge on any atom is -0.478 e. The minimum absolute atomic E-state index is 0.129. The fraction of sp³-hybridized carbons (Fsp3) is 0. The second-order valence-electron chi connectivity index (χ2n) is 4.32. The number of aromatic nitrogens is 2. The molecule has 1 aromatic heterocycles. The van der Waals surface area contributed by atoms with E-state index in [2.05, 4.69) is 10.1 Å². The number of rotatable bonds is 3. The normalized spacial score (nSPS) is 10.5. The van der Waals surface area contributed by atoms with Gasteiger partial charge in [-0.1, -0.05) is 23.4 Å². The lowest BCUT2D eigenvalue weighted by atomic mass is 10.1. The van der Waals surface area contributed by atoms with Gasteiger partial charge in [-0.15, -0.1) is 0 Å². The number of aromatic carboxylic acids is 1. The zero-order valence-electron chi connectivity index (χ0n) is 10.7. The number of hydrogen-bond donors (Lipinski definition) is 1. The molecular weight excluding hydrogens is 275 g/mol. The van der Waals surface area contributed by atoms with Gasteiger partial charge in [0.2, 0.25) is 5.82 Å². The lowest BCUT2D eigenvalue weighted by Gasteiger charge is -1.96. The molecule has 1 N–H and O–H groups in total. The van der Waals surface area contributed by atoms with Gasteiger partial charge >= 0.3 is 5.97 Å². The molecule has 0 amide bonds. The summed E-state index contributed by atoms with van der Waals surface area (Å²) in [5, 5.41) is 12.8. The maximum atomic E-state index is 13.2. The largest absolute Gasteiger partial charge is 0.478 e. The van der Waals surface area contributed by atoms with Crippen LogP contribution in [0.3, 0.4) is 0 Å². The third kappa shape index (κ3) is 2.64. The molecule has 6 heteroatoms. The Morgan fingerprint density at radius 2 is 1.86 bits per heavy atom. The molecule has 2 aromatic carbocycles. The molecule has 21 heavy (non-hydrogen) atoms. The van der Waals surface area contributed by atoms with Crippen LogP contribution in [0.2, 0.25) is 0 Å². The molecule has 3 rings (SSSR count). The van der Waals surface area contributed by atoms with E-state index >= 15 is 0 Å². The summed E-state index contributed by atoms with van der Waals surface area (Å²) in [5.74, 6) is -1.02. The molecule has 0 atom stereocenters. The number of carboxylic acids is 1. The minimum atomic E-state index is -1.04. The topological polar surface area (TPSA) is 76.2 Å². The molecule has 0 aliphatic heterocycles. The molecule has 104 valence electrons. The summed E-state index contributed by atoms with van der Waals surface area (Å²) in [6.45, 7) is 0. The Balaban J connectivity index is 1.98. The van der Waals surface area contributed by atoms with E-state index < -0.39 is 11.8 Å². The van der Waals surface area contributed by atoms with Crippen LogP contribution in [0.25, 0.3) is 22.8 Å². The molecule has 0 aliphatic carbocycles. The van der Waals surface area contributed by atoms with E-state index in [0.29, 0.717) is 11.1 Å². The van der Waals surface area contributed by atoms with E-state index in [9.17, 15) is 9.18 Å². The number of carboxylic acid groups (broad SMARTS) is 1. The van der Waals surface area contributed by atoms with Crippen molar-refractivity contribution in [3.8, 4) is 22.8 Å². The highest BCUT2D eigenvalue weighted by molar-refractivity contribution is 5.89. The van der Waals surface area contributed by atoms with Gasteiger partial charge < -0.3 is 9.63 Å². The van der Waals surface area contributed by atoms with E-state index in [1.807, 2.05) is 0 Å². The summed E-state index contributed by atoms with van der Waals surface area (Å²) in [6, 6.07) is 12.0. The van der Waals surface area contributed by atoms with Crippen LogP contribution in [0.5, 0.6) is 0 Å². The van der Waals surface area contributed by atoms with Crippen molar-refractivity contribution in [2.75, 3.05) is 0 Å². The van der Waals surface area contributed by atoms with E-state index in [1.165, 1.54) is 24.3 Å². The third-order valence-corrected chi connectivity index (χ3v) is 2.87. The van der Waals surface area contributed by atoms with Gasteiger partial charge in [-0.25, -0.2) is 9.18 Å². The smallest absolute Gasteiger partial charge is 0.335 e. The molecule has 0 fully saturated rings. The Bertz CT molecular complexity index is 814.